The van der Waals surface area contributed by atoms with E-state index in [1.165, 1.54) is 6.42 Å². The zero-order chi connectivity index (χ0) is 13.4. The van der Waals surface area contributed by atoms with Gasteiger partial charge in [0.05, 0.1) is 10.3 Å². The van der Waals surface area contributed by atoms with Crippen LogP contribution in [0.4, 0.5) is 11.4 Å². The first-order valence-electron chi connectivity index (χ1n) is 6.42. The van der Waals surface area contributed by atoms with Crippen LogP contribution in [0, 0.1) is 22.0 Å². The van der Waals surface area contributed by atoms with Gasteiger partial charge in [-0.2, -0.15) is 0 Å². The van der Waals surface area contributed by atoms with Gasteiger partial charge in [0.25, 0.3) is 5.69 Å². The molecule has 0 amide bonds. The molecule has 2 aromatic rings. The molecule has 1 N–H and O–H groups in total. The van der Waals surface area contributed by atoms with Gasteiger partial charge in [0.15, 0.2) is 0 Å². The number of nitro groups is 1. The van der Waals surface area contributed by atoms with E-state index < -0.39 is 0 Å². The summed E-state index contributed by atoms with van der Waals surface area (Å²) in [6.45, 7) is 3.17. The molecule has 1 fully saturated rings. The Morgan fingerprint density at radius 3 is 2.89 bits per heavy atom. The van der Waals surface area contributed by atoms with Crippen LogP contribution in [0.15, 0.2) is 30.6 Å². The van der Waals surface area contributed by atoms with E-state index in [1.807, 2.05) is 6.07 Å². The highest BCUT2D eigenvalue weighted by molar-refractivity contribution is 5.99. The van der Waals surface area contributed by atoms with E-state index in [0.717, 1.165) is 29.5 Å². The average molecular weight is 257 g/mol. The minimum atomic E-state index is -0.364. The SMILES string of the molecule is CC1CC1CNc1ccc([N+](=O)[O-])c2cnccc12. The quantitative estimate of drug-likeness (QED) is 0.674. The normalized spacial score (nSPS) is 21.3. The Morgan fingerprint density at radius 1 is 1.42 bits per heavy atom. The van der Waals surface area contributed by atoms with Crippen molar-refractivity contribution in [1.29, 1.82) is 0 Å². The molecule has 2 atom stereocenters. The van der Waals surface area contributed by atoms with E-state index in [2.05, 4.69) is 17.2 Å². The maximum Gasteiger partial charge on any atom is 0.278 e. The molecule has 5 nitrogen and oxygen atoms in total. The number of nitrogens with one attached hydrogen (secondary N) is 1. The molecule has 19 heavy (non-hydrogen) atoms. The zero-order valence-corrected chi connectivity index (χ0v) is 10.7. The topological polar surface area (TPSA) is 68.1 Å². The molecular formula is C14H15N3O2. The second kappa shape index (κ2) is 4.50. The molecule has 1 aromatic carbocycles. The van der Waals surface area contributed by atoms with Gasteiger partial charge in [0.2, 0.25) is 0 Å². The van der Waals surface area contributed by atoms with Crippen LogP contribution in [0.3, 0.4) is 0 Å². The summed E-state index contributed by atoms with van der Waals surface area (Å²) in [5.41, 5.74) is 1.05. The van der Waals surface area contributed by atoms with Crippen LogP contribution < -0.4 is 5.32 Å². The highest BCUT2D eigenvalue weighted by Gasteiger charge is 2.32. The summed E-state index contributed by atoms with van der Waals surface area (Å²) in [5.74, 6) is 1.52. The minimum Gasteiger partial charge on any atom is -0.384 e. The molecule has 1 aromatic heterocycles. The number of hydrogen-bond acceptors (Lipinski definition) is 4. The highest BCUT2D eigenvalue weighted by Crippen LogP contribution is 2.38. The molecule has 0 aliphatic heterocycles. The molecule has 1 saturated carbocycles. The van der Waals surface area contributed by atoms with E-state index in [4.69, 9.17) is 0 Å². The smallest absolute Gasteiger partial charge is 0.278 e. The molecule has 98 valence electrons. The molecule has 0 bridgehead atoms. The number of fused-ring (bicyclic) bond motifs is 1. The number of rotatable bonds is 4. The van der Waals surface area contributed by atoms with Crippen LogP contribution in [0.2, 0.25) is 0 Å². The molecule has 3 rings (SSSR count). The number of nitro benzene ring substituents is 1. The van der Waals surface area contributed by atoms with Gasteiger partial charge in [-0.05, 0) is 30.4 Å². The minimum absolute atomic E-state index is 0.105. The summed E-state index contributed by atoms with van der Waals surface area (Å²) in [7, 11) is 0. The number of aromatic nitrogens is 1. The van der Waals surface area contributed by atoms with Crippen molar-refractivity contribution in [3.05, 3.63) is 40.7 Å². The summed E-state index contributed by atoms with van der Waals surface area (Å²) in [6, 6.07) is 5.15. The fraction of sp³-hybridized carbons (Fsp3) is 0.357. The highest BCUT2D eigenvalue weighted by atomic mass is 16.6. The molecule has 0 radical (unpaired) electrons. The molecular weight excluding hydrogens is 242 g/mol. The van der Waals surface area contributed by atoms with E-state index >= 15 is 0 Å². The van der Waals surface area contributed by atoms with Crippen molar-refractivity contribution < 1.29 is 4.92 Å². The number of hydrogen-bond donors (Lipinski definition) is 1. The van der Waals surface area contributed by atoms with Gasteiger partial charge in [-0.15, -0.1) is 0 Å². The third kappa shape index (κ3) is 2.23. The van der Waals surface area contributed by atoms with E-state index in [9.17, 15) is 10.1 Å². The standard InChI is InChI=1S/C14H15N3O2/c1-9-6-10(9)7-16-13-2-3-14(17(18)19)12-8-15-5-4-11(12)13/h2-5,8-10,16H,6-7H2,1H3. The van der Waals surface area contributed by atoms with Gasteiger partial charge in [-0.25, -0.2) is 0 Å². The van der Waals surface area contributed by atoms with Crippen molar-refractivity contribution in [3.63, 3.8) is 0 Å². The number of nitrogens with zero attached hydrogens (tertiary/aromatic N) is 2. The molecule has 1 aliphatic carbocycles. The Bertz CT molecular complexity index is 642. The number of anilines is 1. The summed E-state index contributed by atoms with van der Waals surface area (Å²) < 4.78 is 0. The largest absolute Gasteiger partial charge is 0.384 e. The van der Waals surface area contributed by atoms with Crippen molar-refractivity contribution >= 4 is 22.1 Å². The van der Waals surface area contributed by atoms with Crippen molar-refractivity contribution in [3.8, 4) is 0 Å². The van der Waals surface area contributed by atoms with Crippen molar-refractivity contribution in [1.82, 2.24) is 4.98 Å². The Morgan fingerprint density at radius 2 is 2.21 bits per heavy atom. The summed E-state index contributed by atoms with van der Waals surface area (Å²) in [5, 5.41) is 15.8. The zero-order valence-electron chi connectivity index (χ0n) is 10.7. The lowest BCUT2D eigenvalue weighted by atomic mass is 10.1. The van der Waals surface area contributed by atoms with Crippen molar-refractivity contribution in [2.75, 3.05) is 11.9 Å². The van der Waals surface area contributed by atoms with Gasteiger partial charge >= 0.3 is 0 Å². The third-order valence-corrected chi connectivity index (χ3v) is 3.82. The number of non-ortho nitro benzene ring substituents is 1. The second-order valence-corrected chi connectivity index (χ2v) is 5.16. The Hall–Kier alpha value is -2.17. The maximum absolute atomic E-state index is 11.0. The fourth-order valence-electron chi connectivity index (χ4n) is 2.41. The van der Waals surface area contributed by atoms with Crippen LogP contribution in [0.5, 0.6) is 0 Å². The number of benzene rings is 1. The molecule has 2 unspecified atom stereocenters. The molecule has 0 spiro atoms. The van der Waals surface area contributed by atoms with Crippen molar-refractivity contribution in [2.45, 2.75) is 13.3 Å². The predicted molar refractivity (Wildman–Crippen MR) is 74.2 cm³/mol. The van der Waals surface area contributed by atoms with Gasteiger partial charge in [-0.1, -0.05) is 6.92 Å². The van der Waals surface area contributed by atoms with Gasteiger partial charge in [-0.3, -0.25) is 15.1 Å². The Labute approximate surface area is 110 Å². The Kier molecular flexibility index (Phi) is 2.81. The molecule has 0 saturated heterocycles. The predicted octanol–water partition coefficient (Wildman–Crippen LogP) is 3.21. The first kappa shape index (κ1) is 11.9. The van der Waals surface area contributed by atoms with Crippen molar-refractivity contribution in [2.24, 2.45) is 11.8 Å². The molecule has 1 heterocycles. The molecule has 5 heteroatoms. The van der Waals surface area contributed by atoms with Gasteiger partial charge in [0, 0.05) is 36.1 Å². The van der Waals surface area contributed by atoms with Gasteiger partial charge < -0.3 is 5.32 Å². The Balaban J connectivity index is 1.96. The van der Waals surface area contributed by atoms with Gasteiger partial charge in [0.1, 0.15) is 0 Å². The lowest BCUT2D eigenvalue weighted by Gasteiger charge is -2.09. The first-order chi connectivity index (χ1) is 9.16. The summed E-state index contributed by atoms with van der Waals surface area (Å²) >= 11 is 0. The third-order valence-electron chi connectivity index (χ3n) is 3.82. The fourth-order valence-corrected chi connectivity index (χ4v) is 2.41. The van der Waals surface area contributed by atoms with Crippen LogP contribution in [0.25, 0.3) is 10.8 Å². The average Bonchev–Trinajstić information content (AvgIpc) is 3.11. The first-order valence-corrected chi connectivity index (χ1v) is 6.42. The van der Waals surface area contributed by atoms with Crippen LogP contribution in [0.1, 0.15) is 13.3 Å². The monoisotopic (exact) mass is 257 g/mol. The van der Waals surface area contributed by atoms with Crippen LogP contribution in [-0.2, 0) is 0 Å². The maximum atomic E-state index is 11.0. The summed E-state index contributed by atoms with van der Waals surface area (Å²) in [4.78, 5) is 14.6. The van der Waals surface area contributed by atoms with Crippen LogP contribution >= 0.6 is 0 Å². The van der Waals surface area contributed by atoms with E-state index in [1.54, 1.807) is 24.5 Å². The summed E-state index contributed by atoms with van der Waals surface area (Å²) in [6.07, 6.45) is 4.48. The number of pyridine rings is 1. The lowest BCUT2D eigenvalue weighted by molar-refractivity contribution is -0.383. The van der Waals surface area contributed by atoms with E-state index in [-0.39, 0.29) is 10.6 Å². The molecule has 1 aliphatic rings. The van der Waals surface area contributed by atoms with E-state index in [0.29, 0.717) is 5.39 Å². The van der Waals surface area contributed by atoms with Crippen LogP contribution in [-0.4, -0.2) is 16.5 Å². The second-order valence-electron chi connectivity index (χ2n) is 5.16. The lowest BCUT2D eigenvalue weighted by Crippen LogP contribution is -2.05.